The Hall–Kier alpha value is -1.79. The number of ether oxygens (including phenoxy) is 4. The molecule has 2 aliphatic rings. The number of hydrogen-bond donors (Lipinski definition) is 9. The zero-order valence-electron chi connectivity index (χ0n) is 40.9. The van der Waals surface area contributed by atoms with E-state index in [4.69, 9.17) is 18.9 Å². The van der Waals surface area contributed by atoms with Crippen LogP contribution in [0.15, 0.2) is 36.5 Å². The van der Waals surface area contributed by atoms with Gasteiger partial charge in [-0.25, -0.2) is 0 Å². The van der Waals surface area contributed by atoms with Gasteiger partial charge >= 0.3 is 0 Å². The summed E-state index contributed by atoms with van der Waals surface area (Å²) in [5, 5.41) is 87.0. The van der Waals surface area contributed by atoms with E-state index in [0.29, 0.717) is 19.3 Å². The topological polar surface area (TPSA) is 228 Å². The number of allylic oxidation sites excluding steroid dienone is 6. The zero-order valence-corrected chi connectivity index (χ0v) is 40.9. The highest BCUT2D eigenvalue weighted by molar-refractivity contribution is 5.76. The number of hydrogen-bond acceptors (Lipinski definition) is 13. The van der Waals surface area contributed by atoms with Gasteiger partial charge in [-0.1, -0.05) is 179 Å². The quantitative estimate of drug-likeness (QED) is 0.0221. The first-order valence-electron chi connectivity index (χ1n) is 26.2. The summed E-state index contributed by atoms with van der Waals surface area (Å²) in [6.07, 6.45) is 27.1. The van der Waals surface area contributed by atoms with Gasteiger partial charge in [-0.2, -0.15) is 0 Å². The highest BCUT2D eigenvalue weighted by Crippen LogP contribution is 2.30. The van der Waals surface area contributed by atoms with E-state index >= 15 is 0 Å². The van der Waals surface area contributed by atoms with Crippen LogP contribution in [0.25, 0.3) is 0 Å². The van der Waals surface area contributed by atoms with Crippen LogP contribution in [0.2, 0.25) is 0 Å². The summed E-state index contributed by atoms with van der Waals surface area (Å²) in [6.45, 7) is 2.73. The first-order chi connectivity index (χ1) is 32.1. The Morgan fingerprint density at radius 2 is 1.05 bits per heavy atom. The third-order valence-electron chi connectivity index (χ3n) is 12.9. The molecule has 14 nitrogen and oxygen atoms in total. The molecule has 66 heavy (non-hydrogen) atoms. The van der Waals surface area contributed by atoms with Gasteiger partial charge < -0.3 is 65.1 Å². The van der Waals surface area contributed by atoms with Crippen molar-refractivity contribution in [1.82, 2.24) is 5.32 Å². The van der Waals surface area contributed by atoms with E-state index in [9.17, 15) is 45.6 Å². The SMILES string of the molecule is CC/C=C\C/C=C\C/C=C\CCCCCCCCCC(=O)NC(COC1OC(CO)C(OC2OC(CO)C(O)C(O)C2O)C(O)C1O)C(O)CCCCCCCCCCCCCCCCC. The van der Waals surface area contributed by atoms with E-state index in [1.54, 1.807) is 0 Å². The number of nitrogens with one attached hydrogen (secondary N) is 1. The molecule has 2 fully saturated rings. The van der Waals surface area contributed by atoms with Crippen molar-refractivity contribution in [3.63, 3.8) is 0 Å². The average molecular weight is 942 g/mol. The van der Waals surface area contributed by atoms with Crippen LogP contribution in [0.4, 0.5) is 0 Å². The minimum Gasteiger partial charge on any atom is -0.394 e. The molecule has 386 valence electrons. The molecule has 0 radical (unpaired) electrons. The van der Waals surface area contributed by atoms with Crippen LogP contribution >= 0.6 is 0 Å². The number of carbonyl (C=O) groups is 1. The summed E-state index contributed by atoms with van der Waals surface area (Å²) >= 11 is 0. The number of carbonyl (C=O) groups excluding carboxylic acids is 1. The van der Waals surface area contributed by atoms with Gasteiger partial charge in [0.15, 0.2) is 12.6 Å². The van der Waals surface area contributed by atoms with Gasteiger partial charge in [0.25, 0.3) is 0 Å². The van der Waals surface area contributed by atoms with E-state index in [1.807, 2.05) is 0 Å². The normalized spacial score (nSPS) is 27.1. The van der Waals surface area contributed by atoms with Gasteiger partial charge in [0, 0.05) is 6.42 Å². The second-order valence-electron chi connectivity index (χ2n) is 18.6. The van der Waals surface area contributed by atoms with Crippen molar-refractivity contribution >= 4 is 5.91 Å². The Morgan fingerprint density at radius 3 is 1.61 bits per heavy atom. The smallest absolute Gasteiger partial charge is 0.220 e. The van der Waals surface area contributed by atoms with E-state index < -0.39 is 86.8 Å². The number of rotatable bonds is 40. The van der Waals surface area contributed by atoms with Crippen molar-refractivity contribution in [2.45, 2.75) is 267 Å². The number of unbranched alkanes of at least 4 members (excludes halogenated alkanes) is 21. The summed E-state index contributed by atoms with van der Waals surface area (Å²) in [5.74, 6) is -0.218. The molecule has 0 bridgehead atoms. The second kappa shape index (κ2) is 39.0. The number of aliphatic hydroxyl groups is 8. The molecule has 0 aromatic heterocycles. The van der Waals surface area contributed by atoms with E-state index in [-0.39, 0.29) is 12.5 Å². The standard InChI is InChI=1S/C52H95NO13/c1-3-5-7-9-11-13-15-17-19-20-22-24-26-28-30-32-34-36-44(57)53-40(41(56)35-33-31-29-27-25-23-21-18-16-14-12-10-8-6-4-2)39-63-51-49(62)47(60)50(43(38-55)65-51)66-52-48(61)46(59)45(58)42(37-54)64-52/h5,7,11,13,17,19,40-43,45-52,54-56,58-62H,3-4,6,8-10,12,14-16,18,20-39H2,1-2H3,(H,53,57)/b7-5-,13-11-,19-17-. The maximum Gasteiger partial charge on any atom is 0.220 e. The molecule has 14 heteroatoms. The van der Waals surface area contributed by atoms with Crippen molar-refractivity contribution in [2.75, 3.05) is 19.8 Å². The van der Waals surface area contributed by atoms with Gasteiger partial charge in [-0.05, 0) is 44.9 Å². The summed E-state index contributed by atoms with van der Waals surface area (Å²) in [7, 11) is 0. The van der Waals surface area contributed by atoms with Crippen LogP contribution in [0.1, 0.15) is 194 Å². The van der Waals surface area contributed by atoms with Crippen LogP contribution in [0.5, 0.6) is 0 Å². The lowest BCUT2D eigenvalue weighted by Gasteiger charge is -2.46. The lowest BCUT2D eigenvalue weighted by atomic mass is 9.97. The molecule has 0 aromatic carbocycles. The summed E-state index contributed by atoms with van der Waals surface area (Å²) < 4.78 is 22.8. The van der Waals surface area contributed by atoms with Gasteiger partial charge in [-0.15, -0.1) is 0 Å². The lowest BCUT2D eigenvalue weighted by Crippen LogP contribution is -2.65. The third kappa shape index (κ3) is 25.7. The van der Waals surface area contributed by atoms with Crippen LogP contribution in [0, 0.1) is 0 Å². The predicted molar refractivity (Wildman–Crippen MR) is 258 cm³/mol. The molecule has 1 amide bonds. The van der Waals surface area contributed by atoms with E-state index in [2.05, 4.69) is 55.6 Å². The third-order valence-corrected chi connectivity index (χ3v) is 12.9. The van der Waals surface area contributed by atoms with Gasteiger partial charge in [0.1, 0.15) is 48.8 Å². The van der Waals surface area contributed by atoms with Crippen molar-refractivity contribution in [3.05, 3.63) is 36.5 Å². The van der Waals surface area contributed by atoms with Gasteiger partial charge in [0.05, 0.1) is 32.0 Å². The maximum atomic E-state index is 13.2. The minimum absolute atomic E-state index is 0.218. The highest BCUT2D eigenvalue weighted by atomic mass is 16.7. The van der Waals surface area contributed by atoms with Crippen molar-refractivity contribution in [2.24, 2.45) is 0 Å². The van der Waals surface area contributed by atoms with Gasteiger partial charge in [0.2, 0.25) is 5.91 Å². The Labute approximate surface area is 398 Å². The monoisotopic (exact) mass is 942 g/mol. The summed E-state index contributed by atoms with van der Waals surface area (Å²) in [6, 6.07) is -0.833. The molecular formula is C52H95NO13. The minimum atomic E-state index is -1.78. The second-order valence-corrected chi connectivity index (χ2v) is 18.6. The van der Waals surface area contributed by atoms with Gasteiger partial charge in [-0.3, -0.25) is 4.79 Å². The fraction of sp³-hybridized carbons (Fsp3) is 0.865. The number of amides is 1. The Morgan fingerprint density at radius 1 is 0.561 bits per heavy atom. The molecule has 2 heterocycles. The maximum absolute atomic E-state index is 13.2. The largest absolute Gasteiger partial charge is 0.394 e. The molecule has 2 aliphatic heterocycles. The van der Waals surface area contributed by atoms with E-state index in [1.165, 1.54) is 83.5 Å². The molecule has 12 atom stereocenters. The Balaban J connectivity index is 1.82. The predicted octanol–water partition coefficient (Wildman–Crippen LogP) is 7.10. The van der Waals surface area contributed by atoms with E-state index in [0.717, 1.165) is 77.0 Å². The summed E-state index contributed by atoms with van der Waals surface area (Å²) in [5.41, 5.74) is 0. The first-order valence-corrected chi connectivity index (χ1v) is 26.2. The van der Waals surface area contributed by atoms with Crippen LogP contribution < -0.4 is 5.32 Å². The molecule has 0 saturated carbocycles. The average Bonchev–Trinajstić information content (AvgIpc) is 3.31. The van der Waals surface area contributed by atoms with Crippen molar-refractivity contribution in [3.8, 4) is 0 Å². The molecule has 9 N–H and O–H groups in total. The van der Waals surface area contributed by atoms with Crippen LogP contribution in [-0.4, -0.2) is 140 Å². The fourth-order valence-corrected chi connectivity index (χ4v) is 8.60. The van der Waals surface area contributed by atoms with Crippen molar-refractivity contribution in [1.29, 1.82) is 0 Å². The first kappa shape index (κ1) is 60.3. The Kier molecular flexibility index (Phi) is 35.6. The molecule has 2 rings (SSSR count). The fourth-order valence-electron chi connectivity index (χ4n) is 8.60. The summed E-state index contributed by atoms with van der Waals surface area (Å²) in [4.78, 5) is 13.2. The van der Waals surface area contributed by atoms with Crippen molar-refractivity contribution < 1.29 is 64.6 Å². The van der Waals surface area contributed by atoms with Crippen LogP contribution in [0.3, 0.4) is 0 Å². The molecule has 0 spiro atoms. The number of aliphatic hydroxyl groups excluding tert-OH is 8. The molecule has 0 aromatic rings. The highest BCUT2D eigenvalue weighted by Gasteiger charge is 2.51. The molecular weight excluding hydrogens is 847 g/mol. The van der Waals surface area contributed by atoms with Crippen LogP contribution in [-0.2, 0) is 23.7 Å². The Bertz CT molecular complexity index is 1250. The lowest BCUT2D eigenvalue weighted by molar-refractivity contribution is -0.359. The molecule has 0 aliphatic carbocycles. The molecule has 2 saturated heterocycles. The zero-order chi connectivity index (χ0) is 48.2. The molecule has 12 unspecified atom stereocenters.